The summed E-state index contributed by atoms with van der Waals surface area (Å²) in [5.41, 5.74) is 5.85. The molecule has 0 nitrogen and oxygen atoms in total. The van der Waals surface area contributed by atoms with Gasteiger partial charge in [0.15, 0.2) is 0 Å². The fourth-order valence-electron chi connectivity index (χ4n) is 22.7. The molecule has 1 aromatic rings. The molecule has 12 fully saturated rings. The Kier molecular flexibility index (Phi) is 29.9. The number of hydrogen-bond donors (Lipinski definition) is 0. The third-order valence-electron chi connectivity index (χ3n) is 33.1. The Morgan fingerprint density at radius 1 is 0.359 bits per heavy atom. The van der Waals surface area contributed by atoms with Crippen molar-refractivity contribution in [1.29, 1.82) is 0 Å². The molecule has 13 rings (SSSR count). The molecule has 536 valence electrons. The van der Waals surface area contributed by atoms with Crippen molar-refractivity contribution in [2.45, 2.75) is 378 Å². The van der Waals surface area contributed by atoms with E-state index in [0.717, 1.165) is 158 Å². The predicted octanol–water partition coefficient (Wildman–Crippen LogP) is 29.7. The second-order valence-corrected chi connectivity index (χ2v) is 47.1. The van der Waals surface area contributed by atoms with Crippen LogP contribution in [0.5, 0.6) is 0 Å². The smallest absolute Gasteiger partial charge is 0.0474 e. The third kappa shape index (κ3) is 21.0. The van der Waals surface area contributed by atoms with Crippen molar-refractivity contribution in [2.75, 3.05) is 0 Å². The lowest BCUT2D eigenvalue weighted by atomic mass is 9.43. The largest absolute Gasteiger partial charge is 0.0693 e. The molecule has 0 N–H and O–H groups in total. The highest BCUT2D eigenvalue weighted by Crippen LogP contribution is 2.67. The van der Waals surface area contributed by atoms with Crippen molar-refractivity contribution in [3.63, 3.8) is 0 Å². The van der Waals surface area contributed by atoms with Crippen molar-refractivity contribution in [1.82, 2.24) is 0 Å². The topological polar surface area (TPSA) is 0 Å². The van der Waals surface area contributed by atoms with Crippen molar-refractivity contribution < 1.29 is 0 Å². The van der Waals surface area contributed by atoms with Crippen LogP contribution in [0.1, 0.15) is 358 Å². The molecule has 0 aliphatic heterocycles. The van der Waals surface area contributed by atoms with Gasteiger partial charge in [-0.2, -0.15) is 0 Å². The third-order valence-corrected chi connectivity index (χ3v) is 36.0. The summed E-state index contributed by atoms with van der Waals surface area (Å²) in [5, 5.41) is 0. The Balaban J connectivity index is 0.000000172. The van der Waals surface area contributed by atoms with Crippen molar-refractivity contribution in [2.24, 2.45) is 163 Å². The molecule has 0 heterocycles. The van der Waals surface area contributed by atoms with E-state index in [4.69, 9.17) is 0 Å². The van der Waals surface area contributed by atoms with Gasteiger partial charge in [0.1, 0.15) is 0 Å². The molecular formula is C91H168Si. The summed E-state index contributed by atoms with van der Waals surface area (Å²) in [6.45, 7) is 68.4. The van der Waals surface area contributed by atoms with Gasteiger partial charge in [0.25, 0.3) is 0 Å². The molecular weight excluding hydrogens is 1120 g/mol. The molecule has 1 aromatic carbocycles. The fraction of sp³-hybridized carbons (Fsp3) is 0.934. The summed E-state index contributed by atoms with van der Waals surface area (Å²) in [6, 6.07) is 11.0. The summed E-state index contributed by atoms with van der Waals surface area (Å²) >= 11 is 0. The molecule has 12 aliphatic carbocycles. The zero-order valence-corrected chi connectivity index (χ0v) is 68.9. The zero-order chi connectivity index (χ0) is 68.6. The van der Waals surface area contributed by atoms with E-state index in [2.05, 4.69) is 223 Å². The minimum Gasteiger partial charge on any atom is -0.0693 e. The van der Waals surface area contributed by atoms with Gasteiger partial charge in [-0.15, -0.1) is 0 Å². The molecule has 0 radical (unpaired) electrons. The SMILES string of the molecule is CC1CC(C(C)(C)C)CC1C.CC1CC(C2(C)C3CC4CC(C3)CC2C4)CC1C.CC1CC(C2(C)CCCCC2)CC1C.CC1CC([Si](C)(C)C)CC1C.CC1CC(c2ccccc2)CC1C.CCC(C)(C)C1CC(C)C(C)C1.CCC(C)(CC)C1CC(C)C(C)C1. The van der Waals surface area contributed by atoms with Gasteiger partial charge in [-0.1, -0.05) is 262 Å². The number of rotatable bonds is 9. The van der Waals surface area contributed by atoms with E-state index in [1.54, 1.807) is 50.5 Å². The molecule has 0 saturated heterocycles. The molecule has 14 unspecified atom stereocenters. The van der Waals surface area contributed by atoms with E-state index in [-0.39, 0.29) is 0 Å². The van der Waals surface area contributed by atoms with E-state index >= 15 is 0 Å². The Morgan fingerprint density at radius 2 is 0.685 bits per heavy atom. The van der Waals surface area contributed by atoms with E-state index in [1.807, 2.05) is 0 Å². The summed E-state index contributed by atoms with van der Waals surface area (Å²) in [6.07, 6.45) is 40.2. The highest BCUT2D eigenvalue weighted by atomic mass is 28.3. The Morgan fingerprint density at radius 3 is 1.02 bits per heavy atom. The quantitative estimate of drug-likeness (QED) is 0.216. The van der Waals surface area contributed by atoms with Crippen molar-refractivity contribution in [3.05, 3.63) is 35.9 Å². The van der Waals surface area contributed by atoms with Crippen molar-refractivity contribution in [3.8, 4) is 0 Å². The van der Waals surface area contributed by atoms with Gasteiger partial charge < -0.3 is 0 Å². The normalized spacial score (nSPS) is 42.8. The Bertz CT molecular complexity index is 2090. The van der Waals surface area contributed by atoms with Gasteiger partial charge in [-0.25, -0.2) is 0 Å². The van der Waals surface area contributed by atoms with E-state index in [0.29, 0.717) is 16.2 Å². The highest BCUT2D eigenvalue weighted by Gasteiger charge is 2.59. The molecule has 92 heavy (non-hydrogen) atoms. The maximum atomic E-state index is 2.72. The van der Waals surface area contributed by atoms with E-state index in [1.165, 1.54) is 128 Å². The lowest BCUT2D eigenvalue weighted by Gasteiger charge is -2.62. The maximum Gasteiger partial charge on any atom is 0.0474 e. The molecule has 4 bridgehead atoms. The van der Waals surface area contributed by atoms with Crippen molar-refractivity contribution >= 4 is 8.07 Å². The van der Waals surface area contributed by atoms with Crippen LogP contribution in [0.3, 0.4) is 0 Å². The molecule has 1 heteroatoms. The first kappa shape index (κ1) is 80.4. The molecule has 12 aliphatic rings. The minimum absolute atomic E-state index is 0.541. The zero-order valence-electron chi connectivity index (χ0n) is 67.9. The van der Waals surface area contributed by atoms with Gasteiger partial charge in [0.2, 0.25) is 0 Å². The maximum absolute atomic E-state index is 2.72. The molecule has 12 saturated carbocycles. The van der Waals surface area contributed by atoms with Gasteiger partial charge in [0, 0.05) is 8.07 Å². The fourth-order valence-corrected chi connectivity index (χ4v) is 24.8. The summed E-state index contributed by atoms with van der Waals surface area (Å²) in [7, 11) is -0.808. The van der Waals surface area contributed by atoms with Gasteiger partial charge >= 0.3 is 0 Å². The first-order chi connectivity index (χ1) is 42.8. The summed E-state index contributed by atoms with van der Waals surface area (Å²) in [5.74, 6) is 23.9. The molecule has 14 atom stereocenters. The first-order valence-electron chi connectivity index (χ1n) is 41.8. The Hall–Kier alpha value is -0.563. The van der Waals surface area contributed by atoms with Crippen LogP contribution in [0.4, 0.5) is 0 Å². The van der Waals surface area contributed by atoms with Gasteiger partial charge in [0.05, 0.1) is 0 Å². The summed E-state index contributed by atoms with van der Waals surface area (Å²) in [4.78, 5) is 0. The van der Waals surface area contributed by atoms with Crippen LogP contribution in [0.25, 0.3) is 0 Å². The average Bonchev–Trinajstić information content (AvgIpc) is 0.969. The second-order valence-electron chi connectivity index (χ2n) is 41.6. The van der Waals surface area contributed by atoms with Gasteiger partial charge in [-0.3, -0.25) is 0 Å². The van der Waals surface area contributed by atoms with Crippen LogP contribution in [0.2, 0.25) is 25.2 Å². The monoisotopic (exact) mass is 1290 g/mol. The lowest BCUT2D eigenvalue weighted by Crippen LogP contribution is -2.54. The van der Waals surface area contributed by atoms with Gasteiger partial charge in [-0.05, 0) is 315 Å². The van der Waals surface area contributed by atoms with Crippen LogP contribution in [-0.4, -0.2) is 8.07 Å². The lowest BCUT2D eigenvalue weighted by molar-refractivity contribution is -0.129. The number of benzene rings is 1. The summed E-state index contributed by atoms with van der Waals surface area (Å²) < 4.78 is 0. The molecule has 0 spiro atoms. The molecule has 0 amide bonds. The van der Waals surface area contributed by atoms with Crippen LogP contribution in [-0.2, 0) is 0 Å². The van der Waals surface area contributed by atoms with Crippen LogP contribution >= 0.6 is 0 Å². The number of hydrogen-bond acceptors (Lipinski definition) is 0. The average molecular weight is 1290 g/mol. The predicted molar refractivity (Wildman–Crippen MR) is 415 cm³/mol. The first-order valence-corrected chi connectivity index (χ1v) is 45.4. The highest BCUT2D eigenvalue weighted by molar-refractivity contribution is 6.77. The minimum atomic E-state index is -0.808. The Labute approximate surface area is 581 Å². The second kappa shape index (κ2) is 34.2. The molecule has 0 aromatic heterocycles. The van der Waals surface area contributed by atoms with E-state index < -0.39 is 8.07 Å². The van der Waals surface area contributed by atoms with Crippen LogP contribution in [0, 0.1) is 163 Å². The van der Waals surface area contributed by atoms with Crippen LogP contribution < -0.4 is 0 Å². The van der Waals surface area contributed by atoms with Crippen LogP contribution in [0.15, 0.2) is 30.3 Å². The standard InChI is InChI=1S/C18H30.C14H26.C13H18.C13H26.C12H24.C11H22.C10H22Si/c1-11-4-15(5-12(11)2)18(3)16-7-13-6-14(9-16)10-17(18)8-13;1-11-9-13(10-12(11)2)14(3)7-5-4-6-8-14;1-10-8-13(9-11(10)2)12-6-4-3-5-7-12;1-6-13(5,7-2)12-8-10(3)11(4)9-12;1-6-12(4,5)11-7-9(2)10(3)8-11;2*1-8-6-10(7-9(8)2)11(3,4)5/h11-17H,4-10H2,1-3H3;11-13H,4-10H2,1-3H3;3-7,10-11,13H,8-9H2,1-2H3;10-12H,6-9H2,1-5H3;9-11H,6-8H2,1-5H3;2*8-10H,6-7H2,1-5H3. The van der Waals surface area contributed by atoms with E-state index in [9.17, 15) is 0 Å².